The van der Waals surface area contributed by atoms with Crippen LogP contribution in [0.2, 0.25) is 0 Å². The Hall–Kier alpha value is -2.19. The number of nitrogens with zero attached hydrogens (tertiary/aromatic N) is 4. The predicted octanol–water partition coefficient (Wildman–Crippen LogP) is -1.18. The van der Waals surface area contributed by atoms with Gasteiger partial charge in [0.2, 0.25) is 0 Å². The Labute approximate surface area is 126 Å². The van der Waals surface area contributed by atoms with Crippen molar-refractivity contribution in [1.82, 2.24) is 24.2 Å². The summed E-state index contributed by atoms with van der Waals surface area (Å²) in [4.78, 5) is 28.1. The van der Waals surface area contributed by atoms with E-state index in [-0.39, 0.29) is 12.2 Å². The highest BCUT2D eigenvalue weighted by molar-refractivity contribution is 5.11. The Kier molecular flexibility index (Phi) is 3.95. The molecule has 0 amide bonds. The molecular weight excluding hydrogens is 286 g/mol. The van der Waals surface area contributed by atoms with E-state index >= 15 is 0 Å². The molecule has 0 saturated carbocycles. The van der Waals surface area contributed by atoms with Crippen molar-refractivity contribution >= 4 is 0 Å². The van der Waals surface area contributed by atoms with Crippen LogP contribution < -0.4 is 11.2 Å². The first-order valence-corrected chi connectivity index (χ1v) is 7.25. The van der Waals surface area contributed by atoms with Crippen molar-refractivity contribution in [3.05, 3.63) is 50.1 Å². The molecule has 0 saturated heterocycles. The van der Waals surface area contributed by atoms with Gasteiger partial charge in [0.1, 0.15) is 0 Å². The molecule has 0 spiro atoms. The summed E-state index contributed by atoms with van der Waals surface area (Å²) in [5.74, 6) is 0. The summed E-state index contributed by atoms with van der Waals surface area (Å²) in [6.07, 6.45) is 2.09. The second-order valence-corrected chi connectivity index (χ2v) is 5.52. The van der Waals surface area contributed by atoms with Crippen LogP contribution in [-0.4, -0.2) is 42.4 Å². The van der Waals surface area contributed by atoms with E-state index in [0.717, 1.165) is 36.4 Å². The van der Waals surface area contributed by atoms with Gasteiger partial charge in [-0.25, -0.2) is 4.79 Å². The minimum atomic E-state index is -0.396. The van der Waals surface area contributed by atoms with Gasteiger partial charge in [-0.1, -0.05) is 0 Å². The number of rotatable bonds is 4. The molecule has 1 aliphatic heterocycles. The largest absolute Gasteiger partial charge is 0.390 e. The second kappa shape index (κ2) is 5.90. The molecular formula is C14H19N5O3. The number of hydrogen-bond acceptors (Lipinski definition) is 5. The summed E-state index contributed by atoms with van der Waals surface area (Å²) >= 11 is 0. The Morgan fingerprint density at radius 1 is 1.36 bits per heavy atom. The minimum absolute atomic E-state index is 0.0482. The van der Waals surface area contributed by atoms with Crippen molar-refractivity contribution in [1.29, 1.82) is 0 Å². The molecule has 0 unspecified atom stereocenters. The second-order valence-electron chi connectivity index (χ2n) is 5.52. The number of aliphatic hydroxyl groups excluding tert-OH is 1. The zero-order chi connectivity index (χ0) is 15.7. The average Bonchev–Trinajstić information content (AvgIpc) is 2.94. The number of fused-ring (bicyclic) bond motifs is 1. The summed E-state index contributed by atoms with van der Waals surface area (Å²) in [6, 6.07) is 1.91. The molecule has 0 fully saturated rings. The van der Waals surface area contributed by atoms with Gasteiger partial charge in [-0.2, -0.15) is 5.10 Å². The van der Waals surface area contributed by atoms with Gasteiger partial charge in [0.15, 0.2) is 0 Å². The van der Waals surface area contributed by atoms with Crippen molar-refractivity contribution in [2.75, 3.05) is 13.1 Å². The van der Waals surface area contributed by atoms with Crippen LogP contribution in [0.1, 0.15) is 17.0 Å². The van der Waals surface area contributed by atoms with Crippen LogP contribution in [0.3, 0.4) is 0 Å². The maximum atomic E-state index is 12.0. The van der Waals surface area contributed by atoms with Crippen LogP contribution in [0.4, 0.5) is 0 Å². The molecule has 0 aromatic carbocycles. The zero-order valence-corrected chi connectivity index (χ0v) is 12.4. The van der Waals surface area contributed by atoms with Gasteiger partial charge in [0.25, 0.3) is 5.56 Å². The molecule has 1 aliphatic rings. The van der Waals surface area contributed by atoms with Crippen molar-refractivity contribution < 1.29 is 5.11 Å². The fraction of sp³-hybridized carbons (Fsp3) is 0.500. The molecule has 2 N–H and O–H groups in total. The van der Waals surface area contributed by atoms with Crippen LogP contribution in [0.15, 0.2) is 21.9 Å². The number of aliphatic hydroxyl groups is 1. The molecule has 0 atom stereocenters. The molecule has 0 bridgehead atoms. The molecule has 3 rings (SSSR count). The number of aromatic amines is 1. The number of aromatic nitrogens is 4. The van der Waals surface area contributed by atoms with Gasteiger partial charge in [-0.15, -0.1) is 0 Å². The van der Waals surface area contributed by atoms with Gasteiger partial charge < -0.3 is 10.1 Å². The zero-order valence-electron chi connectivity index (χ0n) is 12.4. The standard InChI is InChI=1S/C14H19N5O3/c1-17-13(21)10(7-15-14(17)22)2-3-18-4-5-19-12(8-18)6-11(9-20)16-19/h6-7,20H,2-5,8-9H2,1H3,(H,15,22). The normalized spacial score (nSPS) is 15.0. The molecule has 2 aromatic rings. The number of hydrogen-bond donors (Lipinski definition) is 2. The summed E-state index contributed by atoms with van der Waals surface area (Å²) in [5.41, 5.74) is 1.73. The van der Waals surface area contributed by atoms with Crippen LogP contribution in [0.25, 0.3) is 0 Å². The Bertz CT molecular complexity index is 789. The smallest absolute Gasteiger partial charge is 0.328 e. The molecule has 118 valence electrons. The third-order valence-electron chi connectivity index (χ3n) is 4.04. The first-order valence-electron chi connectivity index (χ1n) is 7.25. The van der Waals surface area contributed by atoms with E-state index in [1.807, 2.05) is 10.7 Å². The third kappa shape index (κ3) is 2.75. The first-order chi connectivity index (χ1) is 10.6. The van der Waals surface area contributed by atoms with Gasteiger partial charge >= 0.3 is 5.69 Å². The Morgan fingerprint density at radius 2 is 2.18 bits per heavy atom. The quantitative estimate of drug-likeness (QED) is 0.741. The van der Waals surface area contributed by atoms with E-state index in [4.69, 9.17) is 5.11 Å². The summed E-state index contributed by atoms with van der Waals surface area (Å²) < 4.78 is 3.01. The topological polar surface area (TPSA) is 96.2 Å². The van der Waals surface area contributed by atoms with E-state index in [2.05, 4.69) is 15.0 Å². The van der Waals surface area contributed by atoms with Crippen molar-refractivity contribution in [3.8, 4) is 0 Å². The van der Waals surface area contributed by atoms with Gasteiger partial charge in [0, 0.05) is 38.4 Å². The molecule has 8 heteroatoms. The molecule has 22 heavy (non-hydrogen) atoms. The van der Waals surface area contributed by atoms with Crippen LogP contribution in [0.5, 0.6) is 0 Å². The Balaban J connectivity index is 1.67. The molecule has 0 aliphatic carbocycles. The summed E-state index contributed by atoms with van der Waals surface area (Å²) in [6.45, 7) is 3.06. The lowest BCUT2D eigenvalue weighted by atomic mass is 10.2. The fourth-order valence-electron chi connectivity index (χ4n) is 2.72. The van der Waals surface area contributed by atoms with Crippen LogP contribution in [0, 0.1) is 0 Å². The maximum Gasteiger partial charge on any atom is 0.328 e. The van der Waals surface area contributed by atoms with Gasteiger partial charge in [-0.3, -0.25) is 18.9 Å². The average molecular weight is 305 g/mol. The van der Waals surface area contributed by atoms with Gasteiger partial charge in [0.05, 0.1) is 24.5 Å². The maximum absolute atomic E-state index is 12.0. The molecule has 0 radical (unpaired) electrons. The van der Waals surface area contributed by atoms with E-state index in [9.17, 15) is 9.59 Å². The highest BCUT2D eigenvalue weighted by Crippen LogP contribution is 2.13. The van der Waals surface area contributed by atoms with Crippen molar-refractivity contribution in [2.24, 2.45) is 7.05 Å². The van der Waals surface area contributed by atoms with Gasteiger partial charge in [-0.05, 0) is 12.5 Å². The lowest BCUT2D eigenvalue weighted by Crippen LogP contribution is -2.38. The van der Waals surface area contributed by atoms with E-state index in [0.29, 0.717) is 17.7 Å². The van der Waals surface area contributed by atoms with Crippen molar-refractivity contribution in [2.45, 2.75) is 26.1 Å². The number of nitrogens with one attached hydrogen (secondary N) is 1. The van der Waals surface area contributed by atoms with E-state index in [1.165, 1.54) is 13.2 Å². The van der Waals surface area contributed by atoms with Crippen LogP contribution >= 0.6 is 0 Å². The monoisotopic (exact) mass is 305 g/mol. The summed E-state index contributed by atoms with van der Waals surface area (Å²) in [5, 5.41) is 13.4. The Morgan fingerprint density at radius 3 is 2.95 bits per heavy atom. The molecule has 3 heterocycles. The fourth-order valence-corrected chi connectivity index (χ4v) is 2.72. The first kappa shape index (κ1) is 14.7. The SMILES string of the molecule is Cn1c(=O)[nH]cc(CCN2CCn3nc(CO)cc3C2)c1=O. The lowest BCUT2D eigenvalue weighted by Gasteiger charge is -2.27. The third-order valence-corrected chi connectivity index (χ3v) is 4.04. The number of H-pyrrole nitrogens is 1. The lowest BCUT2D eigenvalue weighted by molar-refractivity contribution is 0.214. The summed E-state index contributed by atoms with van der Waals surface area (Å²) in [7, 11) is 1.47. The van der Waals surface area contributed by atoms with Crippen molar-refractivity contribution in [3.63, 3.8) is 0 Å². The predicted molar refractivity (Wildman–Crippen MR) is 79.4 cm³/mol. The van der Waals surface area contributed by atoms with Crippen LogP contribution in [-0.2, 0) is 33.2 Å². The van der Waals surface area contributed by atoms with E-state index in [1.54, 1.807) is 0 Å². The minimum Gasteiger partial charge on any atom is -0.390 e. The highest BCUT2D eigenvalue weighted by atomic mass is 16.3. The highest BCUT2D eigenvalue weighted by Gasteiger charge is 2.18. The van der Waals surface area contributed by atoms with E-state index < -0.39 is 5.69 Å². The molecule has 8 nitrogen and oxygen atoms in total. The molecule has 2 aromatic heterocycles.